The number of hydrogen-bond acceptors (Lipinski definition) is 4. The van der Waals surface area contributed by atoms with Crippen LogP contribution in [-0.4, -0.2) is 36.3 Å². The van der Waals surface area contributed by atoms with Gasteiger partial charge in [-0.25, -0.2) is 4.79 Å². The van der Waals surface area contributed by atoms with E-state index in [2.05, 4.69) is 6.58 Å². The Bertz CT molecular complexity index is 753. The second kappa shape index (κ2) is 7.68. The molecule has 0 radical (unpaired) electrons. The standard InChI is InChI=1S/C21H23NO4/c1-3-4-8-16-11-14(12-17-18(16)20(24)22(2)19(17)23)13-26-21(25)15-9-6-5-7-10-15/h3,5-7,9-11,16-18H,1,4,8,12-13H2,2H3/t16-,17+,18-/m0/s1. The molecule has 1 saturated heterocycles. The van der Waals surface area contributed by atoms with Crippen LogP contribution in [0.1, 0.15) is 29.6 Å². The molecule has 0 spiro atoms. The quantitative estimate of drug-likeness (QED) is 0.448. The van der Waals surface area contributed by atoms with E-state index in [1.165, 1.54) is 4.90 Å². The van der Waals surface area contributed by atoms with E-state index in [0.717, 1.165) is 18.4 Å². The molecular formula is C21H23NO4. The predicted octanol–water partition coefficient (Wildman–Crippen LogP) is 2.99. The first-order valence-corrected chi connectivity index (χ1v) is 8.87. The lowest BCUT2D eigenvalue weighted by Crippen LogP contribution is -2.31. The number of benzene rings is 1. The van der Waals surface area contributed by atoms with E-state index in [1.807, 2.05) is 18.2 Å². The fourth-order valence-electron chi connectivity index (χ4n) is 3.86. The molecule has 0 saturated carbocycles. The highest BCUT2D eigenvalue weighted by Gasteiger charge is 2.50. The van der Waals surface area contributed by atoms with Crippen LogP contribution in [0.4, 0.5) is 0 Å². The molecule has 2 aliphatic rings. The van der Waals surface area contributed by atoms with Crippen LogP contribution in [0.25, 0.3) is 0 Å². The molecule has 3 rings (SSSR count). The van der Waals surface area contributed by atoms with Crippen molar-refractivity contribution >= 4 is 17.8 Å². The van der Waals surface area contributed by atoms with Crippen molar-refractivity contribution in [1.29, 1.82) is 0 Å². The van der Waals surface area contributed by atoms with Crippen molar-refractivity contribution in [3.8, 4) is 0 Å². The smallest absolute Gasteiger partial charge is 0.338 e. The van der Waals surface area contributed by atoms with Gasteiger partial charge in [-0.05, 0) is 42.9 Å². The number of carbonyl (C=O) groups excluding carboxylic acids is 3. The fraction of sp³-hybridized carbons (Fsp3) is 0.381. The Balaban J connectivity index is 1.73. The Morgan fingerprint density at radius 2 is 2.00 bits per heavy atom. The van der Waals surface area contributed by atoms with Crippen molar-refractivity contribution in [2.75, 3.05) is 13.7 Å². The molecule has 1 aliphatic heterocycles. The number of hydrogen-bond donors (Lipinski definition) is 0. The molecule has 136 valence electrons. The van der Waals surface area contributed by atoms with Gasteiger partial charge in [-0.3, -0.25) is 14.5 Å². The van der Waals surface area contributed by atoms with Crippen LogP contribution in [0.5, 0.6) is 0 Å². The molecule has 0 unspecified atom stereocenters. The highest BCUT2D eigenvalue weighted by molar-refractivity contribution is 6.05. The van der Waals surface area contributed by atoms with Gasteiger partial charge < -0.3 is 4.74 Å². The molecule has 1 aromatic carbocycles. The third-order valence-corrected chi connectivity index (χ3v) is 5.19. The summed E-state index contributed by atoms with van der Waals surface area (Å²) in [5.74, 6) is -1.31. The largest absolute Gasteiger partial charge is 0.458 e. The average Bonchev–Trinajstić information content (AvgIpc) is 2.89. The van der Waals surface area contributed by atoms with Crippen LogP contribution >= 0.6 is 0 Å². The summed E-state index contributed by atoms with van der Waals surface area (Å²) >= 11 is 0. The zero-order chi connectivity index (χ0) is 18.7. The van der Waals surface area contributed by atoms with Crippen molar-refractivity contribution in [3.05, 3.63) is 60.2 Å². The normalized spacial score (nSPS) is 24.9. The summed E-state index contributed by atoms with van der Waals surface area (Å²) in [6.07, 6.45) is 5.83. The summed E-state index contributed by atoms with van der Waals surface area (Å²) < 4.78 is 5.42. The van der Waals surface area contributed by atoms with Gasteiger partial charge in [0.25, 0.3) is 0 Å². The van der Waals surface area contributed by atoms with Crippen LogP contribution < -0.4 is 0 Å². The van der Waals surface area contributed by atoms with Crippen molar-refractivity contribution in [2.24, 2.45) is 17.8 Å². The molecule has 0 aromatic heterocycles. The minimum absolute atomic E-state index is 0.0291. The van der Waals surface area contributed by atoms with Gasteiger partial charge in [0.2, 0.25) is 11.8 Å². The van der Waals surface area contributed by atoms with Crippen molar-refractivity contribution < 1.29 is 19.1 Å². The van der Waals surface area contributed by atoms with Gasteiger partial charge in [-0.1, -0.05) is 30.4 Å². The monoisotopic (exact) mass is 353 g/mol. The maximum atomic E-state index is 12.4. The van der Waals surface area contributed by atoms with E-state index in [4.69, 9.17) is 4.74 Å². The lowest BCUT2D eigenvalue weighted by molar-refractivity contribution is -0.138. The van der Waals surface area contributed by atoms with E-state index in [-0.39, 0.29) is 42.1 Å². The number of nitrogens with zero attached hydrogens (tertiary/aromatic N) is 1. The molecule has 2 amide bonds. The molecule has 5 nitrogen and oxygen atoms in total. The Hall–Kier alpha value is -2.69. The van der Waals surface area contributed by atoms with Crippen LogP contribution in [0, 0.1) is 17.8 Å². The minimum Gasteiger partial charge on any atom is -0.458 e. The maximum absolute atomic E-state index is 12.4. The molecule has 0 N–H and O–H groups in total. The molecule has 5 heteroatoms. The molecule has 1 fully saturated rings. The lowest BCUT2D eigenvalue weighted by atomic mass is 9.73. The van der Waals surface area contributed by atoms with Crippen LogP contribution in [0.3, 0.4) is 0 Å². The number of carbonyl (C=O) groups is 3. The van der Waals surface area contributed by atoms with Gasteiger partial charge in [-0.15, -0.1) is 6.58 Å². The summed E-state index contributed by atoms with van der Waals surface area (Å²) in [5.41, 5.74) is 1.40. The van der Waals surface area contributed by atoms with Crippen molar-refractivity contribution in [2.45, 2.75) is 19.3 Å². The number of imide groups is 1. The summed E-state index contributed by atoms with van der Waals surface area (Å²) in [7, 11) is 1.54. The first-order chi connectivity index (χ1) is 12.5. The minimum atomic E-state index is -0.387. The van der Waals surface area contributed by atoms with Gasteiger partial charge >= 0.3 is 5.97 Å². The number of allylic oxidation sites excluding steroid dienone is 2. The number of amides is 2. The molecule has 1 aliphatic carbocycles. The molecular weight excluding hydrogens is 330 g/mol. The number of ether oxygens (including phenoxy) is 1. The number of likely N-dealkylation sites (tertiary alicyclic amines) is 1. The van der Waals surface area contributed by atoms with Crippen LogP contribution in [-0.2, 0) is 14.3 Å². The second-order valence-corrected chi connectivity index (χ2v) is 6.87. The third kappa shape index (κ3) is 3.47. The summed E-state index contributed by atoms with van der Waals surface area (Å²) in [6, 6.07) is 8.81. The summed E-state index contributed by atoms with van der Waals surface area (Å²) in [4.78, 5) is 38.3. The van der Waals surface area contributed by atoms with Gasteiger partial charge in [0.05, 0.1) is 17.4 Å². The van der Waals surface area contributed by atoms with E-state index >= 15 is 0 Å². The number of rotatable bonds is 6. The first-order valence-electron chi connectivity index (χ1n) is 8.87. The zero-order valence-electron chi connectivity index (χ0n) is 14.9. The molecule has 1 heterocycles. The Morgan fingerprint density at radius 3 is 2.69 bits per heavy atom. The number of esters is 1. The fourth-order valence-corrected chi connectivity index (χ4v) is 3.86. The summed E-state index contributed by atoms with van der Waals surface area (Å²) in [6.45, 7) is 3.88. The van der Waals surface area contributed by atoms with E-state index in [9.17, 15) is 14.4 Å². The lowest BCUT2D eigenvalue weighted by Gasteiger charge is -2.29. The predicted molar refractivity (Wildman–Crippen MR) is 97.1 cm³/mol. The van der Waals surface area contributed by atoms with E-state index in [0.29, 0.717) is 12.0 Å². The van der Waals surface area contributed by atoms with E-state index in [1.54, 1.807) is 31.3 Å². The molecule has 3 atom stereocenters. The SMILES string of the molecule is C=CCC[C@H]1C=C(COC(=O)c2ccccc2)C[C@H]2C(=O)N(C)C(=O)[C@@H]12. The van der Waals surface area contributed by atoms with Gasteiger partial charge in [-0.2, -0.15) is 0 Å². The van der Waals surface area contributed by atoms with Crippen LogP contribution in [0.2, 0.25) is 0 Å². The van der Waals surface area contributed by atoms with E-state index < -0.39 is 0 Å². The maximum Gasteiger partial charge on any atom is 0.338 e. The van der Waals surface area contributed by atoms with Crippen molar-refractivity contribution in [3.63, 3.8) is 0 Å². The molecule has 0 bridgehead atoms. The second-order valence-electron chi connectivity index (χ2n) is 6.87. The molecule has 26 heavy (non-hydrogen) atoms. The Labute approximate surface area is 153 Å². The first kappa shape index (κ1) is 18.1. The topological polar surface area (TPSA) is 63.7 Å². The zero-order valence-corrected chi connectivity index (χ0v) is 14.9. The van der Waals surface area contributed by atoms with Gasteiger partial charge in [0.1, 0.15) is 6.61 Å². The van der Waals surface area contributed by atoms with Gasteiger partial charge in [0, 0.05) is 7.05 Å². The highest BCUT2D eigenvalue weighted by atomic mass is 16.5. The Morgan fingerprint density at radius 1 is 1.27 bits per heavy atom. The third-order valence-electron chi connectivity index (χ3n) is 5.19. The van der Waals surface area contributed by atoms with Crippen LogP contribution in [0.15, 0.2) is 54.6 Å². The summed E-state index contributed by atoms with van der Waals surface area (Å²) in [5, 5.41) is 0. The Kier molecular flexibility index (Phi) is 5.35. The number of fused-ring (bicyclic) bond motifs is 1. The van der Waals surface area contributed by atoms with Gasteiger partial charge in [0.15, 0.2) is 0 Å². The molecule has 1 aromatic rings. The average molecular weight is 353 g/mol. The van der Waals surface area contributed by atoms with Crippen molar-refractivity contribution in [1.82, 2.24) is 4.90 Å². The highest BCUT2D eigenvalue weighted by Crippen LogP contribution is 2.42.